The molecule has 1 aliphatic rings. The number of aromatic nitrogens is 2. The van der Waals surface area contributed by atoms with Gasteiger partial charge in [-0.05, 0) is 57.1 Å². The summed E-state index contributed by atoms with van der Waals surface area (Å²) in [5, 5.41) is 10.6. The Bertz CT molecular complexity index is 619. The van der Waals surface area contributed by atoms with E-state index in [4.69, 9.17) is 4.74 Å². The summed E-state index contributed by atoms with van der Waals surface area (Å²) in [6.45, 7) is 3.72. The van der Waals surface area contributed by atoms with Gasteiger partial charge in [-0.2, -0.15) is 5.10 Å². The van der Waals surface area contributed by atoms with Gasteiger partial charge in [0.25, 0.3) is 0 Å². The summed E-state index contributed by atoms with van der Waals surface area (Å²) in [7, 11) is 4.11. The zero-order valence-corrected chi connectivity index (χ0v) is 14.7. The second-order valence-corrected chi connectivity index (χ2v) is 6.73. The van der Waals surface area contributed by atoms with Crippen LogP contribution in [0, 0.1) is 5.92 Å². The average molecular weight is 328 g/mol. The Labute approximate surface area is 144 Å². The van der Waals surface area contributed by atoms with Gasteiger partial charge in [-0.15, -0.1) is 0 Å². The van der Waals surface area contributed by atoms with Gasteiger partial charge in [-0.25, -0.2) is 0 Å². The standard InChI is InChI=1S/C19H28N4O/c1-20-10-11-23(2)13-17-12-21-22-19(17)16-6-8-18(9-7-16)24-14-15-4-3-5-15/h6-9,12,15,20H,3-5,10-11,13-14H2,1-2H3,(H,21,22). The van der Waals surface area contributed by atoms with Crippen LogP contribution in [0.5, 0.6) is 5.75 Å². The molecule has 0 aliphatic heterocycles. The molecule has 1 aromatic heterocycles. The molecule has 1 aromatic carbocycles. The first-order valence-corrected chi connectivity index (χ1v) is 8.85. The average Bonchev–Trinajstić information content (AvgIpc) is 3.00. The fourth-order valence-corrected chi connectivity index (χ4v) is 2.94. The fraction of sp³-hybridized carbons (Fsp3) is 0.526. The van der Waals surface area contributed by atoms with Crippen molar-refractivity contribution >= 4 is 0 Å². The van der Waals surface area contributed by atoms with Crippen molar-refractivity contribution in [3.8, 4) is 17.0 Å². The highest BCUT2D eigenvalue weighted by molar-refractivity contribution is 5.63. The van der Waals surface area contributed by atoms with E-state index in [1.54, 1.807) is 0 Å². The Morgan fingerprint density at radius 1 is 1.29 bits per heavy atom. The number of aromatic amines is 1. The van der Waals surface area contributed by atoms with E-state index >= 15 is 0 Å². The summed E-state index contributed by atoms with van der Waals surface area (Å²) in [6, 6.07) is 8.31. The van der Waals surface area contributed by atoms with Crippen LogP contribution in [-0.4, -0.2) is 48.9 Å². The number of nitrogens with one attached hydrogen (secondary N) is 2. The molecule has 2 aromatic rings. The van der Waals surface area contributed by atoms with Crippen molar-refractivity contribution in [3.05, 3.63) is 36.0 Å². The van der Waals surface area contributed by atoms with E-state index in [2.05, 4.69) is 51.7 Å². The van der Waals surface area contributed by atoms with Crippen molar-refractivity contribution in [1.29, 1.82) is 0 Å². The highest BCUT2D eigenvalue weighted by Crippen LogP contribution is 2.28. The maximum atomic E-state index is 5.88. The van der Waals surface area contributed by atoms with Crippen molar-refractivity contribution in [3.63, 3.8) is 0 Å². The summed E-state index contributed by atoms with van der Waals surface area (Å²) in [5.41, 5.74) is 3.37. The second kappa shape index (κ2) is 8.31. The quantitative estimate of drug-likeness (QED) is 0.743. The molecule has 1 heterocycles. The van der Waals surface area contributed by atoms with Crippen LogP contribution in [0.4, 0.5) is 0 Å². The molecule has 1 saturated carbocycles. The number of hydrogen-bond donors (Lipinski definition) is 2. The van der Waals surface area contributed by atoms with Gasteiger partial charge in [0.2, 0.25) is 0 Å². The van der Waals surface area contributed by atoms with Crippen LogP contribution in [0.3, 0.4) is 0 Å². The molecule has 5 heteroatoms. The zero-order valence-electron chi connectivity index (χ0n) is 14.7. The smallest absolute Gasteiger partial charge is 0.119 e. The van der Waals surface area contributed by atoms with Crippen LogP contribution in [0.25, 0.3) is 11.3 Å². The molecule has 1 aliphatic carbocycles. The van der Waals surface area contributed by atoms with Crippen molar-refractivity contribution in [2.75, 3.05) is 33.8 Å². The number of hydrogen-bond acceptors (Lipinski definition) is 4. The molecule has 0 radical (unpaired) electrons. The summed E-state index contributed by atoms with van der Waals surface area (Å²) in [5.74, 6) is 1.71. The Hall–Kier alpha value is -1.85. The molecule has 5 nitrogen and oxygen atoms in total. The van der Waals surface area contributed by atoms with Gasteiger partial charge in [-0.1, -0.05) is 6.42 Å². The Kier molecular flexibility index (Phi) is 5.88. The molecule has 0 atom stereocenters. The van der Waals surface area contributed by atoms with Crippen LogP contribution in [0.2, 0.25) is 0 Å². The second-order valence-electron chi connectivity index (χ2n) is 6.73. The fourth-order valence-electron chi connectivity index (χ4n) is 2.94. The lowest BCUT2D eigenvalue weighted by molar-refractivity contribution is 0.180. The van der Waals surface area contributed by atoms with Gasteiger partial charge in [0, 0.05) is 37.0 Å². The number of H-pyrrole nitrogens is 1. The van der Waals surface area contributed by atoms with E-state index in [0.29, 0.717) is 0 Å². The third kappa shape index (κ3) is 4.36. The lowest BCUT2D eigenvalue weighted by atomic mass is 9.86. The maximum Gasteiger partial charge on any atom is 0.119 e. The van der Waals surface area contributed by atoms with Crippen LogP contribution in [-0.2, 0) is 6.54 Å². The first-order chi connectivity index (χ1) is 11.8. The summed E-state index contributed by atoms with van der Waals surface area (Å²) >= 11 is 0. The third-order valence-electron chi connectivity index (χ3n) is 4.74. The minimum atomic E-state index is 0.760. The predicted octanol–water partition coefficient (Wildman–Crippen LogP) is 2.91. The van der Waals surface area contributed by atoms with Gasteiger partial charge in [-0.3, -0.25) is 5.10 Å². The van der Waals surface area contributed by atoms with Gasteiger partial charge >= 0.3 is 0 Å². The Morgan fingerprint density at radius 3 is 2.75 bits per heavy atom. The highest BCUT2D eigenvalue weighted by atomic mass is 16.5. The van der Waals surface area contributed by atoms with Gasteiger partial charge < -0.3 is 15.0 Å². The number of ether oxygens (including phenoxy) is 1. The highest BCUT2D eigenvalue weighted by Gasteiger charge is 2.18. The molecule has 0 spiro atoms. The number of rotatable bonds is 9. The molecular formula is C19H28N4O. The predicted molar refractivity (Wildman–Crippen MR) is 97.1 cm³/mol. The minimum Gasteiger partial charge on any atom is -0.493 e. The molecular weight excluding hydrogens is 300 g/mol. The Balaban J connectivity index is 1.60. The molecule has 0 bridgehead atoms. The van der Waals surface area contributed by atoms with Crippen molar-refractivity contribution < 1.29 is 4.74 Å². The van der Waals surface area contributed by atoms with E-state index in [0.717, 1.165) is 49.2 Å². The summed E-state index contributed by atoms with van der Waals surface area (Å²) in [6.07, 6.45) is 5.98. The maximum absolute atomic E-state index is 5.88. The van der Waals surface area contributed by atoms with Crippen molar-refractivity contribution in [2.45, 2.75) is 25.8 Å². The van der Waals surface area contributed by atoms with E-state index in [1.165, 1.54) is 24.8 Å². The van der Waals surface area contributed by atoms with Gasteiger partial charge in [0.1, 0.15) is 5.75 Å². The van der Waals surface area contributed by atoms with E-state index in [9.17, 15) is 0 Å². The third-order valence-corrected chi connectivity index (χ3v) is 4.74. The van der Waals surface area contributed by atoms with Gasteiger partial charge in [0.15, 0.2) is 0 Å². The van der Waals surface area contributed by atoms with Crippen LogP contribution < -0.4 is 10.1 Å². The largest absolute Gasteiger partial charge is 0.493 e. The lowest BCUT2D eigenvalue weighted by Crippen LogP contribution is -2.26. The number of likely N-dealkylation sites (N-methyl/N-ethyl adjacent to an activating group) is 2. The van der Waals surface area contributed by atoms with Crippen molar-refractivity contribution in [1.82, 2.24) is 20.4 Å². The van der Waals surface area contributed by atoms with Crippen LogP contribution in [0.1, 0.15) is 24.8 Å². The summed E-state index contributed by atoms with van der Waals surface area (Å²) in [4.78, 5) is 2.29. The normalized spacial score (nSPS) is 14.8. The lowest BCUT2D eigenvalue weighted by Gasteiger charge is -2.25. The zero-order chi connectivity index (χ0) is 16.8. The minimum absolute atomic E-state index is 0.760. The topological polar surface area (TPSA) is 53.2 Å². The Morgan fingerprint density at radius 2 is 2.08 bits per heavy atom. The van der Waals surface area contributed by atoms with Gasteiger partial charge in [0.05, 0.1) is 12.3 Å². The first kappa shape index (κ1) is 17.0. The molecule has 24 heavy (non-hydrogen) atoms. The molecule has 0 amide bonds. The van der Waals surface area contributed by atoms with Crippen LogP contribution in [0.15, 0.2) is 30.5 Å². The summed E-state index contributed by atoms with van der Waals surface area (Å²) < 4.78 is 5.88. The van der Waals surface area contributed by atoms with E-state index in [-0.39, 0.29) is 0 Å². The number of benzene rings is 1. The molecule has 2 N–H and O–H groups in total. The first-order valence-electron chi connectivity index (χ1n) is 8.85. The SMILES string of the molecule is CNCCN(C)Cc1c[nH]nc1-c1ccc(OCC2CCC2)cc1. The van der Waals surface area contributed by atoms with Crippen molar-refractivity contribution in [2.24, 2.45) is 5.92 Å². The molecule has 130 valence electrons. The van der Waals surface area contributed by atoms with Crippen LogP contribution >= 0.6 is 0 Å². The van der Waals surface area contributed by atoms with E-state index in [1.807, 2.05) is 13.2 Å². The molecule has 0 unspecified atom stereocenters. The molecule has 0 saturated heterocycles. The number of nitrogens with zero attached hydrogens (tertiary/aromatic N) is 2. The molecule has 3 rings (SSSR count). The monoisotopic (exact) mass is 328 g/mol. The molecule has 1 fully saturated rings. The van der Waals surface area contributed by atoms with E-state index < -0.39 is 0 Å².